The highest BCUT2D eigenvalue weighted by Crippen LogP contribution is 2.44. The number of allylic oxidation sites excluding steroid dienone is 6. The molecule has 3 heteroatoms. The van der Waals surface area contributed by atoms with Crippen LogP contribution in [0.3, 0.4) is 0 Å². The van der Waals surface area contributed by atoms with Crippen LogP contribution in [0.15, 0.2) is 46.8 Å². The third kappa shape index (κ3) is 4.69. The van der Waals surface area contributed by atoms with Gasteiger partial charge in [-0.3, -0.25) is 9.59 Å². The Kier molecular flexibility index (Phi) is 6.34. The van der Waals surface area contributed by atoms with Gasteiger partial charge in [0.25, 0.3) is 0 Å². The molecule has 0 heterocycles. The van der Waals surface area contributed by atoms with Crippen LogP contribution >= 0.6 is 0 Å². The average Bonchev–Trinajstić information content (AvgIpc) is 2.55. The summed E-state index contributed by atoms with van der Waals surface area (Å²) in [7, 11) is 0. The van der Waals surface area contributed by atoms with Crippen molar-refractivity contribution in [3.05, 3.63) is 46.8 Å². The van der Waals surface area contributed by atoms with E-state index >= 15 is 0 Å². The van der Waals surface area contributed by atoms with Crippen molar-refractivity contribution in [2.24, 2.45) is 17.8 Å². The molecular formula is C24H34O3. The summed E-state index contributed by atoms with van der Waals surface area (Å²) in [5.74, 6) is 0.669. The average molecular weight is 371 g/mol. The molecule has 0 aromatic rings. The second-order valence-corrected chi connectivity index (χ2v) is 9.20. The predicted octanol–water partition coefficient (Wildman–Crippen LogP) is 5.73. The van der Waals surface area contributed by atoms with Crippen LogP contribution in [0.25, 0.3) is 0 Å². The van der Waals surface area contributed by atoms with Crippen LogP contribution < -0.4 is 0 Å². The van der Waals surface area contributed by atoms with E-state index < -0.39 is 5.60 Å². The molecule has 0 saturated carbocycles. The van der Waals surface area contributed by atoms with Crippen LogP contribution in [0.4, 0.5) is 0 Å². The Morgan fingerprint density at radius 3 is 2.41 bits per heavy atom. The topological polar surface area (TPSA) is 43.4 Å². The summed E-state index contributed by atoms with van der Waals surface area (Å²) in [6.07, 6.45) is 6.89. The Labute approximate surface area is 164 Å². The highest BCUT2D eigenvalue weighted by molar-refractivity contribution is 6.24. The van der Waals surface area contributed by atoms with Crippen molar-refractivity contribution in [3.63, 3.8) is 0 Å². The van der Waals surface area contributed by atoms with Crippen LogP contribution in [0.5, 0.6) is 0 Å². The van der Waals surface area contributed by atoms with Gasteiger partial charge in [-0.2, -0.15) is 0 Å². The van der Waals surface area contributed by atoms with Crippen molar-refractivity contribution in [1.82, 2.24) is 0 Å². The molecule has 3 atom stereocenters. The van der Waals surface area contributed by atoms with E-state index in [9.17, 15) is 9.59 Å². The second-order valence-electron chi connectivity index (χ2n) is 9.20. The van der Waals surface area contributed by atoms with Crippen molar-refractivity contribution in [2.75, 3.05) is 0 Å². The number of ketones is 2. The molecule has 0 fully saturated rings. The van der Waals surface area contributed by atoms with Gasteiger partial charge >= 0.3 is 0 Å². The number of hydrogen-bond acceptors (Lipinski definition) is 3. The molecule has 27 heavy (non-hydrogen) atoms. The molecule has 0 radical (unpaired) electrons. The Morgan fingerprint density at radius 2 is 1.85 bits per heavy atom. The van der Waals surface area contributed by atoms with Crippen molar-refractivity contribution in [1.29, 1.82) is 0 Å². The molecule has 2 rings (SSSR count). The summed E-state index contributed by atoms with van der Waals surface area (Å²) >= 11 is 0. The zero-order valence-corrected chi connectivity index (χ0v) is 17.9. The molecular weight excluding hydrogens is 336 g/mol. The standard InChI is InChI=1S/C24H34O3/c1-14(2)10-9-11-15(3)18-13-12-16(4)19-20(18)21(25)17(5)23(22(19)26)27-24(6,7)8/h9-10,15-16,18H,1,11-13H2,2-8H3/b10-9+/t15-,16-,18+/m0/s1. The first-order valence-corrected chi connectivity index (χ1v) is 9.99. The minimum absolute atomic E-state index is 0.00358. The SMILES string of the molecule is C=C(C)/C=C/C[C@H](C)[C@H]1CC[C@H](C)C2=C1C(=O)C(C)=C(OC(C)(C)C)C2=O. The lowest BCUT2D eigenvalue weighted by Crippen LogP contribution is -2.37. The maximum atomic E-state index is 13.3. The van der Waals surface area contributed by atoms with Gasteiger partial charge in [-0.05, 0) is 71.6 Å². The molecule has 2 aliphatic carbocycles. The number of hydrogen-bond donors (Lipinski definition) is 0. The van der Waals surface area contributed by atoms with E-state index in [1.165, 1.54) is 0 Å². The Bertz CT molecular complexity index is 740. The van der Waals surface area contributed by atoms with E-state index in [4.69, 9.17) is 4.74 Å². The summed E-state index contributed by atoms with van der Waals surface area (Å²) in [4.78, 5) is 26.5. The first-order valence-electron chi connectivity index (χ1n) is 9.99. The van der Waals surface area contributed by atoms with E-state index in [0.29, 0.717) is 17.1 Å². The Balaban J connectivity index is 2.40. The van der Waals surface area contributed by atoms with Crippen LogP contribution in [-0.4, -0.2) is 17.2 Å². The van der Waals surface area contributed by atoms with Crippen LogP contribution in [-0.2, 0) is 14.3 Å². The van der Waals surface area contributed by atoms with Gasteiger partial charge in [0.05, 0.1) is 0 Å². The van der Waals surface area contributed by atoms with E-state index in [1.54, 1.807) is 6.92 Å². The van der Waals surface area contributed by atoms with Crippen LogP contribution in [0.2, 0.25) is 0 Å². The minimum atomic E-state index is -0.511. The first-order chi connectivity index (χ1) is 12.4. The zero-order chi connectivity index (χ0) is 20.5. The Morgan fingerprint density at radius 1 is 1.22 bits per heavy atom. The largest absolute Gasteiger partial charge is 0.484 e. The van der Waals surface area contributed by atoms with E-state index in [0.717, 1.165) is 30.4 Å². The summed E-state index contributed by atoms with van der Waals surface area (Å²) in [6.45, 7) is 17.5. The van der Waals surface area contributed by atoms with Crippen molar-refractivity contribution >= 4 is 11.6 Å². The smallest absolute Gasteiger partial charge is 0.224 e. The summed E-state index contributed by atoms with van der Waals surface area (Å²) in [5.41, 5.74) is 2.40. The van der Waals surface area contributed by atoms with Gasteiger partial charge in [-0.15, -0.1) is 0 Å². The Hall–Kier alpha value is -1.90. The number of carbonyl (C=O) groups is 2. The number of Topliss-reactive ketones (excluding diaryl/α,β-unsaturated/α-hetero) is 2. The summed E-state index contributed by atoms with van der Waals surface area (Å²) < 4.78 is 5.91. The maximum Gasteiger partial charge on any atom is 0.224 e. The molecule has 2 aliphatic rings. The van der Waals surface area contributed by atoms with Crippen molar-refractivity contribution in [2.45, 2.75) is 73.3 Å². The van der Waals surface area contributed by atoms with Gasteiger partial charge in [0.1, 0.15) is 5.60 Å². The third-order valence-electron chi connectivity index (χ3n) is 5.45. The minimum Gasteiger partial charge on any atom is -0.484 e. The van der Waals surface area contributed by atoms with E-state index in [1.807, 2.05) is 33.8 Å². The zero-order valence-electron chi connectivity index (χ0n) is 17.9. The molecule has 0 spiro atoms. The van der Waals surface area contributed by atoms with Crippen molar-refractivity contribution < 1.29 is 14.3 Å². The maximum absolute atomic E-state index is 13.3. The van der Waals surface area contributed by atoms with Gasteiger partial charge in [-0.1, -0.05) is 38.2 Å². The van der Waals surface area contributed by atoms with Gasteiger partial charge in [0.15, 0.2) is 11.5 Å². The monoisotopic (exact) mass is 370 g/mol. The summed E-state index contributed by atoms with van der Waals surface area (Å²) in [6, 6.07) is 0. The second kappa shape index (κ2) is 8.00. The molecule has 0 bridgehead atoms. The van der Waals surface area contributed by atoms with Gasteiger partial charge in [-0.25, -0.2) is 0 Å². The quantitative estimate of drug-likeness (QED) is 0.458. The first kappa shape index (κ1) is 21.4. The molecule has 0 aromatic heterocycles. The highest BCUT2D eigenvalue weighted by Gasteiger charge is 2.43. The van der Waals surface area contributed by atoms with E-state index in [-0.39, 0.29) is 29.2 Å². The number of ether oxygens (including phenoxy) is 1. The molecule has 0 N–H and O–H groups in total. The lowest BCUT2D eigenvalue weighted by Gasteiger charge is -2.38. The molecule has 3 nitrogen and oxygen atoms in total. The molecule has 0 aliphatic heterocycles. The van der Waals surface area contributed by atoms with Gasteiger partial charge in [0, 0.05) is 16.7 Å². The van der Waals surface area contributed by atoms with Gasteiger partial charge < -0.3 is 4.74 Å². The molecule has 148 valence electrons. The van der Waals surface area contributed by atoms with E-state index in [2.05, 4.69) is 26.5 Å². The third-order valence-corrected chi connectivity index (χ3v) is 5.45. The fraction of sp³-hybridized carbons (Fsp3) is 0.583. The molecule has 0 amide bonds. The highest BCUT2D eigenvalue weighted by atomic mass is 16.5. The van der Waals surface area contributed by atoms with Crippen LogP contribution in [0.1, 0.15) is 67.7 Å². The molecule has 0 saturated heterocycles. The van der Waals surface area contributed by atoms with Crippen molar-refractivity contribution in [3.8, 4) is 0 Å². The molecule has 0 unspecified atom stereocenters. The normalized spacial score (nSPS) is 25.1. The predicted molar refractivity (Wildman–Crippen MR) is 110 cm³/mol. The van der Waals surface area contributed by atoms with Crippen LogP contribution in [0, 0.1) is 17.8 Å². The number of rotatable bonds is 5. The number of carbonyl (C=O) groups excluding carboxylic acids is 2. The summed E-state index contributed by atoms with van der Waals surface area (Å²) in [5, 5.41) is 0. The van der Waals surface area contributed by atoms with Gasteiger partial charge in [0.2, 0.25) is 5.78 Å². The molecule has 0 aromatic carbocycles. The lowest BCUT2D eigenvalue weighted by atomic mass is 9.66. The fourth-order valence-corrected chi connectivity index (χ4v) is 4.06. The fourth-order valence-electron chi connectivity index (χ4n) is 4.06. The lowest BCUT2D eigenvalue weighted by molar-refractivity contribution is -0.122.